The lowest BCUT2D eigenvalue weighted by Gasteiger charge is -2.15. The fourth-order valence-electron chi connectivity index (χ4n) is 0.956. The molecule has 0 bridgehead atoms. The molecular weight excluding hydrogens is 176 g/mol. The Hall–Kier alpha value is -1.78. The molecule has 0 unspecified atom stereocenters. The molecule has 1 rings (SSSR count). The first-order valence-electron chi connectivity index (χ1n) is 3.55. The quantitative estimate of drug-likeness (QED) is 0.550. The van der Waals surface area contributed by atoms with Crippen LogP contribution in [0.3, 0.4) is 0 Å². The summed E-state index contributed by atoms with van der Waals surface area (Å²) >= 11 is 0. The minimum absolute atomic E-state index is 0.0594. The van der Waals surface area contributed by atoms with Crippen LogP contribution in [-0.4, -0.2) is 11.9 Å². The Kier molecular flexibility index (Phi) is 2.69. The SMILES string of the molecule is O=C([O-])C[C@H](C(=O)[O-])c1ccco1. The highest BCUT2D eigenvalue weighted by molar-refractivity contribution is 5.79. The van der Waals surface area contributed by atoms with E-state index in [0.717, 1.165) is 0 Å². The van der Waals surface area contributed by atoms with Crippen molar-refractivity contribution in [2.45, 2.75) is 12.3 Å². The summed E-state index contributed by atoms with van der Waals surface area (Å²) in [6, 6.07) is 2.85. The van der Waals surface area contributed by atoms with E-state index in [4.69, 9.17) is 4.42 Å². The van der Waals surface area contributed by atoms with Crippen LogP contribution >= 0.6 is 0 Å². The number of hydrogen-bond acceptors (Lipinski definition) is 5. The third kappa shape index (κ3) is 2.33. The van der Waals surface area contributed by atoms with Crippen LogP contribution < -0.4 is 10.2 Å². The van der Waals surface area contributed by atoms with Gasteiger partial charge in [0, 0.05) is 12.4 Å². The van der Waals surface area contributed by atoms with Crippen molar-refractivity contribution in [2.75, 3.05) is 0 Å². The van der Waals surface area contributed by atoms with Gasteiger partial charge in [0.25, 0.3) is 0 Å². The van der Waals surface area contributed by atoms with Gasteiger partial charge in [-0.3, -0.25) is 0 Å². The number of rotatable bonds is 4. The number of carbonyl (C=O) groups is 2. The molecule has 0 spiro atoms. The molecule has 70 valence electrons. The van der Waals surface area contributed by atoms with Crippen LogP contribution in [0, 0.1) is 0 Å². The van der Waals surface area contributed by atoms with E-state index in [0.29, 0.717) is 0 Å². The average molecular weight is 182 g/mol. The van der Waals surface area contributed by atoms with Crippen LogP contribution in [0.4, 0.5) is 0 Å². The lowest BCUT2D eigenvalue weighted by atomic mass is 10.0. The number of aliphatic carboxylic acids is 2. The highest BCUT2D eigenvalue weighted by atomic mass is 16.4. The molecule has 1 aromatic rings. The maximum atomic E-state index is 10.5. The van der Waals surface area contributed by atoms with E-state index in [2.05, 4.69) is 0 Å². The van der Waals surface area contributed by atoms with Gasteiger partial charge in [-0.15, -0.1) is 0 Å². The van der Waals surface area contributed by atoms with Crippen molar-refractivity contribution in [1.29, 1.82) is 0 Å². The Morgan fingerprint density at radius 2 is 2.15 bits per heavy atom. The maximum absolute atomic E-state index is 10.5. The van der Waals surface area contributed by atoms with Crippen molar-refractivity contribution in [3.05, 3.63) is 24.2 Å². The highest BCUT2D eigenvalue weighted by Crippen LogP contribution is 2.18. The molecule has 0 fully saturated rings. The molecule has 5 heteroatoms. The molecule has 13 heavy (non-hydrogen) atoms. The summed E-state index contributed by atoms with van der Waals surface area (Å²) in [5.41, 5.74) is 0. The van der Waals surface area contributed by atoms with Crippen molar-refractivity contribution in [1.82, 2.24) is 0 Å². The van der Waals surface area contributed by atoms with Crippen LogP contribution in [0.15, 0.2) is 22.8 Å². The monoisotopic (exact) mass is 182 g/mol. The summed E-state index contributed by atoms with van der Waals surface area (Å²) in [6.07, 6.45) is 0.621. The van der Waals surface area contributed by atoms with Gasteiger partial charge in [-0.2, -0.15) is 0 Å². The number of furan rings is 1. The lowest BCUT2D eigenvalue weighted by Crippen LogP contribution is -2.34. The summed E-state index contributed by atoms with van der Waals surface area (Å²) < 4.78 is 4.75. The van der Waals surface area contributed by atoms with Crippen molar-refractivity contribution in [2.24, 2.45) is 0 Å². The number of carboxylic acid groups (broad SMARTS) is 2. The molecule has 5 nitrogen and oxygen atoms in total. The second-order valence-corrected chi connectivity index (χ2v) is 2.46. The first kappa shape index (κ1) is 9.31. The van der Waals surface area contributed by atoms with Gasteiger partial charge in [-0.25, -0.2) is 0 Å². The minimum atomic E-state index is -1.49. The molecule has 0 saturated heterocycles. The molecule has 0 saturated carbocycles. The maximum Gasteiger partial charge on any atom is 0.112 e. The second kappa shape index (κ2) is 3.75. The van der Waals surface area contributed by atoms with E-state index in [1.807, 2.05) is 0 Å². The Labute approximate surface area is 73.6 Å². The fourth-order valence-corrected chi connectivity index (χ4v) is 0.956. The molecule has 0 aliphatic carbocycles. The Bertz CT molecular complexity index is 300. The topological polar surface area (TPSA) is 93.4 Å². The summed E-state index contributed by atoms with van der Waals surface area (Å²) in [5.74, 6) is -4.16. The van der Waals surface area contributed by atoms with Crippen molar-refractivity contribution in [3.8, 4) is 0 Å². The van der Waals surface area contributed by atoms with Gasteiger partial charge in [0.2, 0.25) is 0 Å². The van der Waals surface area contributed by atoms with Gasteiger partial charge < -0.3 is 24.2 Å². The average Bonchev–Trinajstić information content (AvgIpc) is 2.50. The van der Waals surface area contributed by atoms with Gasteiger partial charge >= 0.3 is 0 Å². The van der Waals surface area contributed by atoms with Crippen LogP contribution in [0.2, 0.25) is 0 Å². The van der Waals surface area contributed by atoms with Crippen LogP contribution in [-0.2, 0) is 9.59 Å². The molecule has 0 aliphatic heterocycles. The standard InChI is InChI=1S/C8H8O5/c9-7(10)4-5(8(11)12)6-2-1-3-13-6/h1-3,5H,4H2,(H,9,10)(H,11,12)/p-2/t5-/m0/s1. The summed E-state index contributed by atoms with van der Waals surface area (Å²) in [5, 5.41) is 20.6. The van der Waals surface area contributed by atoms with Gasteiger partial charge in [0.1, 0.15) is 5.76 Å². The van der Waals surface area contributed by atoms with E-state index in [1.165, 1.54) is 18.4 Å². The molecule has 0 radical (unpaired) electrons. The molecule has 1 atom stereocenters. The van der Waals surface area contributed by atoms with E-state index in [9.17, 15) is 19.8 Å². The van der Waals surface area contributed by atoms with E-state index < -0.39 is 24.3 Å². The predicted octanol–water partition coefficient (Wildman–Crippen LogP) is -1.75. The van der Waals surface area contributed by atoms with Gasteiger partial charge in [-0.1, -0.05) is 0 Å². The van der Waals surface area contributed by atoms with Crippen LogP contribution in [0.1, 0.15) is 18.1 Å². The van der Waals surface area contributed by atoms with Crippen molar-refractivity contribution in [3.63, 3.8) is 0 Å². The van der Waals surface area contributed by atoms with E-state index in [1.54, 1.807) is 0 Å². The lowest BCUT2D eigenvalue weighted by molar-refractivity contribution is -0.317. The van der Waals surface area contributed by atoms with Gasteiger partial charge in [-0.05, 0) is 12.1 Å². The molecule has 0 aromatic carbocycles. The van der Waals surface area contributed by atoms with Gasteiger partial charge in [0.05, 0.1) is 18.2 Å². The van der Waals surface area contributed by atoms with Crippen LogP contribution in [0.5, 0.6) is 0 Å². The zero-order valence-electron chi connectivity index (χ0n) is 6.56. The molecular formula is C8H6O5-2. The first-order chi connectivity index (χ1) is 6.11. The summed E-state index contributed by atoms with van der Waals surface area (Å²) in [6.45, 7) is 0. The largest absolute Gasteiger partial charge is 0.550 e. The second-order valence-electron chi connectivity index (χ2n) is 2.46. The zero-order valence-corrected chi connectivity index (χ0v) is 6.56. The molecule has 1 aromatic heterocycles. The normalized spacial score (nSPS) is 12.3. The number of carboxylic acids is 2. The van der Waals surface area contributed by atoms with Crippen molar-refractivity contribution >= 4 is 11.9 Å². The molecule has 0 amide bonds. The predicted molar refractivity (Wildman–Crippen MR) is 36.1 cm³/mol. The van der Waals surface area contributed by atoms with Gasteiger partial charge in [0.15, 0.2) is 0 Å². The number of hydrogen-bond donors (Lipinski definition) is 0. The van der Waals surface area contributed by atoms with Crippen molar-refractivity contribution < 1.29 is 24.2 Å². The Balaban J connectivity index is 2.81. The third-order valence-corrected chi connectivity index (χ3v) is 1.54. The van der Waals surface area contributed by atoms with Crippen LogP contribution in [0.25, 0.3) is 0 Å². The first-order valence-corrected chi connectivity index (χ1v) is 3.55. The third-order valence-electron chi connectivity index (χ3n) is 1.54. The zero-order chi connectivity index (χ0) is 9.84. The fraction of sp³-hybridized carbons (Fsp3) is 0.250. The molecule has 1 heterocycles. The highest BCUT2D eigenvalue weighted by Gasteiger charge is 2.15. The smallest absolute Gasteiger partial charge is 0.112 e. The molecule has 0 aliphatic rings. The Morgan fingerprint density at radius 1 is 1.46 bits per heavy atom. The molecule has 0 N–H and O–H groups in total. The van der Waals surface area contributed by atoms with E-state index in [-0.39, 0.29) is 5.76 Å². The van der Waals surface area contributed by atoms with E-state index >= 15 is 0 Å². The Morgan fingerprint density at radius 3 is 2.54 bits per heavy atom. The summed E-state index contributed by atoms with van der Waals surface area (Å²) in [4.78, 5) is 20.6. The number of carbonyl (C=O) groups excluding carboxylic acids is 2. The summed E-state index contributed by atoms with van der Waals surface area (Å²) in [7, 11) is 0. The minimum Gasteiger partial charge on any atom is -0.550 e.